The first-order valence-corrected chi connectivity index (χ1v) is 5.70. The van der Waals surface area contributed by atoms with Crippen molar-refractivity contribution in [3.8, 4) is 0 Å². The smallest absolute Gasteiger partial charge is 0.339 e. The Morgan fingerprint density at radius 2 is 1.89 bits per heavy atom. The van der Waals surface area contributed by atoms with E-state index in [0.29, 0.717) is 12.8 Å². The summed E-state index contributed by atoms with van der Waals surface area (Å²) in [5, 5.41) is 18.0. The summed E-state index contributed by atoms with van der Waals surface area (Å²) in [6.45, 7) is 1.82. The molecule has 0 bridgehead atoms. The lowest BCUT2D eigenvalue weighted by molar-refractivity contribution is 0.0472. The lowest BCUT2D eigenvalue weighted by Gasteiger charge is -2.07. The average molecular weight is 252 g/mol. The van der Waals surface area contributed by atoms with Gasteiger partial charge in [-0.2, -0.15) is 0 Å². The molecule has 1 atom stereocenters. The second kappa shape index (κ2) is 6.76. The molecule has 18 heavy (non-hydrogen) atoms. The highest BCUT2D eigenvalue weighted by molar-refractivity contribution is 6.02. The standard InChI is InChI=1S/C13H16O5/c1-9(14)5-4-8-18-13(17)11-7-3-2-6-10(11)12(15)16/h2-3,6-7,9,14H,4-5,8H2,1H3,(H,15,16). The van der Waals surface area contributed by atoms with Gasteiger partial charge in [0.1, 0.15) is 0 Å². The fourth-order valence-corrected chi connectivity index (χ4v) is 1.47. The van der Waals surface area contributed by atoms with Crippen molar-refractivity contribution >= 4 is 11.9 Å². The number of carbonyl (C=O) groups is 2. The van der Waals surface area contributed by atoms with Crippen molar-refractivity contribution in [2.45, 2.75) is 25.9 Å². The van der Waals surface area contributed by atoms with Crippen molar-refractivity contribution in [1.82, 2.24) is 0 Å². The summed E-state index contributed by atoms with van der Waals surface area (Å²) in [7, 11) is 0. The molecule has 5 nitrogen and oxygen atoms in total. The number of aromatic carboxylic acids is 1. The summed E-state index contributed by atoms with van der Waals surface area (Å²) in [5.41, 5.74) is -0.0277. The van der Waals surface area contributed by atoms with Gasteiger partial charge in [-0.1, -0.05) is 12.1 Å². The third-order valence-corrected chi connectivity index (χ3v) is 2.38. The number of hydrogen-bond acceptors (Lipinski definition) is 4. The number of rotatable bonds is 6. The Bertz CT molecular complexity index is 425. The van der Waals surface area contributed by atoms with Crippen LogP contribution in [0.3, 0.4) is 0 Å². The van der Waals surface area contributed by atoms with Crippen LogP contribution in [0.15, 0.2) is 24.3 Å². The molecular formula is C13H16O5. The topological polar surface area (TPSA) is 83.8 Å². The summed E-state index contributed by atoms with van der Waals surface area (Å²) in [6, 6.07) is 5.90. The van der Waals surface area contributed by atoms with Gasteiger partial charge >= 0.3 is 11.9 Å². The van der Waals surface area contributed by atoms with Crippen molar-refractivity contribution in [3.05, 3.63) is 35.4 Å². The van der Waals surface area contributed by atoms with E-state index in [0.717, 1.165) is 0 Å². The average Bonchev–Trinajstić information content (AvgIpc) is 2.34. The number of esters is 1. The zero-order valence-electron chi connectivity index (χ0n) is 10.1. The van der Waals surface area contributed by atoms with Crippen molar-refractivity contribution < 1.29 is 24.5 Å². The molecule has 1 aromatic carbocycles. The molecule has 0 aromatic heterocycles. The van der Waals surface area contributed by atoms with E-state index >= 15 is 0 Å². The van der Waals surface area contributed by atoms with Gasteiger partial charge in [-0.25, -0.2) is 9.59 Å². The van der Waals surface area contributed by atoms with E-state index in [1.165, 1.54) is 12.1 Å². The number of carboxylic acids is 1. The molecule has 1 rings (SSSR count). The van der Waals surface area contributed by atoms with E-state index in [-0.39, 0.29) is 17.7 Å². The van der Waals surface area contributed by atoms with Gasteiger partial charge in [0.25, 0.3) is 0 Å². The molecule has 0 saturated heterocycles. The van der Waals surface area contributed by atoms with Gasteiger partial charge in [0.05, 0.1) is 23.8 Å². The summed E-state index contributed by atoms with van der Waals surface area (Å²) >= 11 is 0. The molecule has 0 radical (unpaired) electrons. The molecule has 0 aliphatic heterocycles. The molecule has 0 amide bonds. The summed E-state index contributed by atoms with van der Waals surface area (Å²) in [5.74, 6) is -1.81. The molecule has 0 fully saturated rings. The maximum Gasteiger partial charge on any atom is 0.339 e. The molecule has 98 valence electrons. The van der Waals surface area contributed by atoms with Crippen molar-refractivity contribution in [2.75, 3.05) is 6.61 Å². The fraction of sp³-hybridized carbons (Fsp3) is 0.385. The minimum atomic E-state index is -1.16. The molecule has 5 heteroatoms. The van der Waals surface area contributed by atoms with Crippen LogP contribution in [0.2, 0.25) is 0 Å². The van der Waals surface area contributed by atoms with Gasteiger partial charge in [0.2, 0.25) is 0 Å². The van der Waals surface area contributed by atoms with Crippen LogP contribution in [-0.4, -0.2) is 34.9 Å². The number of aliphatic hydroxyl groups excluding tert-OH is 1. The molecule has 1 aromatic rings. The van der Waals surface area contributed by atoms with Gasteiger partial charge in [-0.15, -0.1) is 0 Å². The molecule has 0 saturated carbocycles. The normalized spacial score (nSPS) is 11.9. The van der Waals surface area contributed by atoms with Crippen LogP contribution in [0.4, 0.5) is 0 Å². The molecule has 0 heterocycles. The Hall–Kier alpha value is -1.88. The van der Waals surface area contributed by atoms with Crippen molar-refractivity contribution in [1.29, 1.82) is 0 Å². The maximum atomic E-state index is 11.7. The lowest BCUT2D eigenvalue weighted by Crippen LogP contribution is -2.13. The van der Waals surface area contributed by atoms with Crippen LogP contribution in [0.1, 0.15) is 40.5 Å². The van der Waals surface area contributed by atoms with Gasteiger partial charge in [0.15, 0.2) is 0 Å². The van der Waals surface area contributed by atoms with Gasteiger partial charge < -0.3 is 14.9 Å². The van der Waals surface area contributed by atoms with Crippen molar-refractivity contribution in [2.24, 2.45) is 0 Å². The summed E-state index contributed by atoms with van der Waals surface area (Å²) in [4.78, 5) is 22.6. The third kappa shape index (κ3) is 4.18. The van der Waals surface area contributed by atoms with Crippen LogP contribution in [-0.2, 0) is 4.74 Å². The van der Waals surface area contributed by atoms with Crippen LogP contribution in [0, 0.1) is 0 Å². The zero-order chi connectivity index (χ0) is 13.5. The van der Waals surface area contributed by atoms with E-state index in [1.54, 1.807) is 19.1 Å². The maximum absolute atomic E-state index is 11.7. The Morgan fingerprint density at radius 1 is 1.28 bits per heavy atom. The number of ether oxygens (including phenoxy) is 1. The largest absolute Gasteiger partial charge is 0.478 e. The Balaban J connectivity index is 2.59. The fourth-order valence-electron chi connectivity index (χ4n) is 1.47. The second-order valence-electron chi connectivity index (χ2n) is 3.98. The van der Waals surface area contributed by atoms with Gasteiger partial charge in [0, 0.05) is 0 Å². The van der Waals surface area contributed by atoms with Crippen LogP contribution >= 0.6 is 0 Å². The number of carboxylic acid groups (broad SMARTS) is 1. The highest BCUT2D eigenvalue weighted by atomic mass is 16.5. The van der Waals surface area contributed by atoms with Gasteiger partial charge in [-0.3, -0.25) is 0 Å². The van der Waals surface area contributed by atoms with E-state index in [4.69, 9.17) is 14.9 Å². The Morgan fingerprint density at radius 3 is 2.44 bits per heavy atom. The van der Waals surface area contributed by atoms with Gasteiger partial charge in [-0.05, 0) is 31.9 Å². The highest BCUT2D eigenvalue weighted by Gasteiger charge is 2.16. The first-order chi connectivity index (χ1) is 8.52. The number of benzene rings is 1. The minimum absolute atomic E-state index is 0.0436. The highest BCUT2D eigenvalue weighted by Crippen LogP contribution is 2.10. The first kappa shape index (κ1) is 14.2. The molecule has 1 unspecified atom stereocenters. The van der Waals surface area contributed by atoms with E-state index in [9.17, 15) is 9.59 Å². The molecule has 0 aliphatic carbocycles. The van der Waals surface area contributed by atoms with E-state index in [1.807, 2.05) is 0 Å². The SMILES string of the molecule is CC(O)CCCOC(=O)c1ccccc1C(=O)O. The first-order valence-electron chi connectivity index (χ1n) is 5.70. The number of hydrogen-bond donors (Lipinski definition) is 2. The number of aliphatic hydroxyl groups is 1. The lowest BCUT2D eigenvalue weighted by atomic mass is 10.1. The molecule has 0 spiro atoms. The second-order valence-corrected chi connectivity index (χ2v) is 3.98. The number of carbonyl (C=O) groups excluding carboxylic acids is 1. The van der Waals surface area contributed by atoms with Crippen LogP contribution in [0.25, 0.3) is 0 Å². The molecule has 0 aliphatic rings. The van der Waals surface area contributed by atoms with Crippen LogP contribution < -0.4 is 0 Å². The quantitative estimate of drug-likeness (QED) is 0.594. The summed E-state index contributed by atoms with van der Waals surface area (Å²) in [6.07, 6.45) is 0.641. The van der Waals surface area contributed by atoms with E-state index < -0.39 is 18.0 Å². The van der Waals surface area contributed by atoms with Crippen molar-refractivity contribution in [3.63, 3.8) is 0 Å². The zero-order valence-corrected chi connectivity index (χ0v) is 10.1. The predicted molar refractivity (Wildman–Crippen MR) is 64.6 cm³/mol. The Kier molecular flexibility index (Phi) is 5.32. The third-order valence-electron chi connectivity index (χ3n) is 2.38. The predicted octanol–water partition coefficient (Wildman–Crippen LogP) is 1.70. The molecular weight excluding hydrogens is 236 g/mol. The summed E-state index contributed by atoms with van der Waals surface area (Å²) < 4.78 is 4.96. The minimum Gasteiger partial charge on any atom is -0.478 e. The van der Waals surface area contributed by atoms with E-state index in [2.05, 4.69) is 0 Å². The van der Waals surface area contributed by atoms with Crippen LogP contribution in [0.5, 0.6) is 0 Å². The monoisotopic (exact) mass is 252 g/mol. The molecule has 2 N–H and O–H groups in total. The Labute approximate surface area is 105 Å².